The van der Waals surface area contributed by atoms with Gasteiger partial charge in [-0.2, -0.15) is 0 Å². The molecule has 0 fully saturated rings. The average molecular weight is 538 g/mol. The van der Waals surface area contributed by atoms with E-state index < -0.39 is 0 Å². The van der Waals surface area contributed by atoms with E-state index in [0.717, 1.165) is 0 Å². The molecule has 0 saturated heterocycles. The minimum Gasteiger partial charge on any atom is -0.358 e. The zero-order valence-corrected chi connectivity index (χ0v) is 24.0. The van der Waals surface area contributed by atoms with Crippen LogP contribution in [0, 0.1) is 0 Å². The SMILES string of the molecule is CC1=CC(c2cc3ccccc3[nH]2)C(C)=C1C.CC1=CC(c2cc3ccccc3[nH]2)C(C)=C1C.[Zr]. The van der Waals surface area contributed by atoms with Crippen LogP contribution in [0.15, 0.2) is 106 Å². The van der Waals surface area contributed by atoms with Gasteiger partial charge in [0.05, 0.1) is 0 Å². The molecule has 176 valence electrons. The Hall–Kier alpha value is -2.64. The van der Waals surface area contributed by atoms with Crippen molar-refractivity contribution in [3.8, 4) is 0 Å². The molecule has 2 N–H and O–H groups in total. The molecule has 0 spiro atoms. The van der Waals surface area contributed by atoms with E-state index in [0.29, 0.717) is 11.8 Å². The summed E-state index contributed by atoms with van der Waals surface area (Å²) in [5, 5.41) is 2.59. The summed E-state index contributed by atoms with van der Waals surface area (Å²) in [5.74, 6) is 0.866. The third-order valence-electron chi connectivity index (χ3n) is 7.90. The Morgan fingerprint density at radius 1 is 0.543 bits per heavy atom. The maximum absolute atomic E-state index is 3.53. The van der Waals surface area contributed by atoms with Crippen molar-refractivity contribution in [1.82, 2.24) is 9.97 Å². The van der Waals surface area contributed by atoms with E-state index in [1.807, 2.05) is 0 Å². The Labute approximate surface area is 228 Å². The summed E-state index contributed by atoms with van der Waals surface area (Å²) in [6.07, 6.45) is 4.71. The molecule has 0 radical (unpaired) electrons. The molecule has 2 aromatic carbocycles. The van der Waals surface area contributed by atoms with Gasteiger partial charge in [0.1, 0.15) is 0 Å². The normalized spacial score (nSPS) is 19.6. The molecule has 2 atom stereocenters. The van der Waals surface area contributed by atoms with E-state index >= 15 is 0 Å². The molecule has 2 heterocycles. The van der Waals surface area contributed by atoms with Crippen LogP contribution < -0.4 is 0 Å². The van der Waals surface area contributed by atoms with Crippen molar-refractivity contribution >= 4 is 21.8 Å². The summed E-state index contributed by atoms with van der Waals surface area (Å²) < 4.78 is 0. The van der Waals surface area contributed by atoms with Crippen molar-refractivity contribution in [3.63, 3.8) is 0 Å². The zero-order valence-electron chi connectivity index (χ0n) is 21.6. The molecular weight excluding hydrogens is 504 g/mol. The molecule has 2 aliphatic carbocycles. The van der Waals surface area contributed by atoms with Crippen LogP contribution in [-0.2, 0) is 26.2 Å². The fraction of sp³-hybridized carbons (Fsp3) is 0.250. The van der Waals surface area contributed by atoms with Gasteiger partial charge in [-0.15, -0.1) is 0 Å². The maximum Gasteiger partial charge on any atom is 0.0456 e. The van der Waals surface area contributed by atoms with Gasteiger partial charge in [-0.05, 0) is 87.7 Å². The maximum atomic E-state index is 3.53. The van der Waals surface area contributed by atoms with Crippen molar-refractivity contribution in [2.24, 2.45) is 0 Å². The monoisotopic (exact) mass is 536 g/mol. The van der Waals surface area contributed by atoms with Crippen molar-refractivity contribution in [2.45, 2.75) is 53.4 Å². The second-order valence-electron chi connectivity index (χ2n) is 9.89. The molecule has 2 aliphatic rings. The van der Waals surface area contributed by atoms with Crippen molar-refractivity contribution in [3.05, 3.63) is 118 Å². The van der Waals surface area contributed by atoms with Crippen LogP contribution in [0.3, 0.4) is 0 Å². The predicted octanol–water partition coefficient (Wildman–Crippen LogP) is 9.09. The molecule has 4 aromatic rings. The Morgan fingerprint density at radius 3 is 1.23 bits per heavy atom. The molecular formula is C32H34N2Zr. The number of hydrogen-bond acceptors (Lipinski definition) is 0. The molecule has 2 unspecified atom stereocenters. The van der Waals surface area contributed by atoms with Crippen LogP contribution in [0.5, 0.6) is 0 Å². The smallest absolute Gasteiger partial charge is 0.0456 e. The van der Waals surface area contributed by atoms with Gasteiger partial charge in [0.15, 0.2) is 0 Å². The first kappa shape index (κ1) is 25.5. The summed E-state index contributed by atoms with van der Waals surface area (Å²) >= 11 is 0. The number of para-hydroxylation sites is 2. The van der Waals surface area contributed by atoms with Gasteiger partial charge in [0.25, 0.3) is 0 Å². The van der Waals surface area contributed by atoms with Crippen LogP contribution in [0.4, 0.5) is 0 Å². The molecule has 2 aromatic heterocycles. The first-order valence-corrected chi connectivity index (χ1v) is 12.2. The second kappa shape index (κ2) is 10.2. The minimum atomic E-state index is 0. The van der Waals surface area contributed by atoms with Crippen molar-refractivity contribution < 1.29 is 26.2 Å². The van der Waals surface area contributed by atoms with Gasteiger partial charge in [-0.1, -0.05) is 70.8 Å². The van der Waals surface area contributed by atoms with E-state index in [1.54, 1.807) is 0 Å². The Balaban J connectivity index is 0.000000160. The van der Waals surface area contributed by atoms with Gasteiger partial charge in [-0.25, -0.2) is 0 Å². The van der Waals surface area contributed by atoms with E-state index in [2.05, 4.69) is 124 Å². The number of rotatable bonds is 2. The van der Waals surface area contributed by atoms with Crippen molar-refractivity contribution in [2.75, 3.05) is 0 Å². The number of benzene rings is 2. The summed E-state index contributed by atoms with van der Waals surface area (Å²) in [5.41, 5.74) is 13.7. The van der Waals surface area contributed by atoms with E-state index in [4.69, 9.17) is 0 Å². The number of fused-ring (bicyclic) bond motifs is 2. The topological polar surface area (TPSA) is 31.6 Å². The van der Waals surface area contributed by atoms with Crippen LogP contribution in [0.1, 0.15) is 64.8 Å². The largest absolute Gasteiger partial charge is 0.358 e. The number of H-pyrrole nitrogens is 2. The van der Waals surface area contributed by atoms with Gasteiger partial charge in [-0.3, -0.25) is 0 Å². The molecule has 6 rings (SSSR count). The minimum absolute atomic E-state index is 0. The first-order chi connectivity index (χ1) is 16.3. The summed E-state index contributed by atoms with van der Waals surface area (Å²) in [7, 11) is 0. The first-order valence-electron chi connectivity index (χ1n) is 12.2. The Morgan fingerprint density at radius 2 is 0.914 bits per heavy atom. The van der Waals surface area contributed by atoms with Gasteiger partial charge in [0.2, 0.25) is 0 Å². The standard InChI is InChI=1S/2C16H17N.Zr/c2*1-10-8-14(12(3)11(10)2)16-9-13-6-4-5-7-15(13)17-16;/h2*4-9,14,17H,1-3H3;. The van der Waals surface area contributed by atoms with Gasteiger partial charge >= 0.3 is 0 Å². The average Bonchev–Trinajstić information content (AvgIpc) is 3.58. The number of aromatic amines is 2. The number of allylic oxidation sites excluding steroid dienone is 8. The molecule has 2 nitrogen and oxygen atoms in total. The molecule has 3 heteroatoms. The van der Waals surface area contributed by atoms with E-state index in [9.17, 15) is 0 Å². The third-order valence-corrected chi connectivity index (χ3v) is 7.90. The van der Waals surface area contributed by atoms with Crippen LogP contribution >= 0.6 is 0 Å². The number of nitrogens with one attached hydrogen (secondary N) is 2. The summed E-state index contributed by atoms with van der Waals surface area (Å²) in [6, 6.07) is 21.5. The van der Waals surface area contributed by atoms with Crippen LogP contribution in [0.2, 0.25) is 0 Å². The number of hydrogen-bond donors (Lipinski definition) is 2. The van der Waals surface area contributed by atoms with E-state index in [1.165, 1.54) is 66.6 Å². The quantitative estimate of drug-likeness (QED) is 0.255. The van der Waals surface area contributed by atoms with Crippen LogP contribution in [0.25, 0.3) is 21.8 Å². The Kier molecular flexibility index (Phi) is 7.38. The molecule has 0 aliphatic heterocycles. The molecule has 0 bridgehead atoms. The Bertz CT molecular complexity index is 1340. The van der Waals surface area contributed by atoms with E-state index in [-0.39, 0.29) is 26.2 Å². The molecule has 35 heavy (non-hydrogen) atoms. The zero-order chi connectivity index (χ0) is 24.0. The fourth-order valence-corrected chi connectivity index (χ4v) is 5.26. The molecule has 0 saturated carbocycles. The summed E-state index contributed by atoms with van der Waals surface area (Å²) in [4.78, 5) is 7.06. The third kappa shape index (κ3) is 4.76. The van der Waals surface area contributed by atoms with Gasteiger partial charge < -0.3 is 9.97 Å². The summed E-state index contributed by atoms with van der Waals surface area (Å²) in [6.45, 7) is 13.3. The second-order valence-corrected chi connectivity index (χ2v) is 9.89. The number of aromatic nitrogens is 2. The van der Waals surface area contributed by atoms with Gasteiger partial charge in [0, 0.05) is 60.5 Å². The molecule has 0 amide bonds. The van der Waals surface area contributed by atoms with Crippen LogP contribution in [-0.4, -0.2) is 9.97 Å². The predicted molar refractivity (Wildman–Crippen MR) is 146 cm³/mol. The fourth-order valence-electron chi connectivity index (χ4n) is 5.26. The van der Waals surface area contributed by atoms with Crippen molar-refractivity contribution in [1.29, 1.82) is 0 Å².